The lowest BCUT2D eigenvalue weighted by molar-refractivity contribution is -0.385. The molecule has 2 rings (SSSR count). The summed E-state index contributed by atoms with van der Waals surface area (Å²) in [5.41, 5.74) is 0.537. The predicted molar refractivity (Wildman–Crippen MR) is 77.6 cm³/mol. The van der Waals surface area contributed by atoms with E-state index in [1.54, 1.807) is 11.7 Å². The summed E-state index contributed by atoms with van der Waals surface area (Å²) in [4.78, 5) is 13.0. The van der Waals surface area contributed by atoms with Crippen LogP contribution in [0.3, 0.4) is 0 Å². The minimum absolute atomic E-state index is 0.0301. The number of nitro groups is 1. The van der Waals surface area contributed by atoms with Gasteiger partial charge in [0.1, 0.15) is 5.69 Å². The molecule has 2 unspecified atom stereocenters. The first kappa shape index (κ1) is 15.7. The number of morpholine rings is 1. The number of rotatable bonds is 4. The summed E-state index contributed by atoms with van der Waals surface area (Å²) in [5.74, 6) is 0.453. The summed E-state index contributed by atoms with van der Waals surface area (Å²) >= 11 is 0. The summed E-state index contributed by atoms with van der Waals surface area (Å²) in [6, 6.07) is 0. The van der Waals surface area contributed by atoms with Crippen molar-refractivity contribution in [1.29, 1.82) is 0 Å². The van der Waals surface area contributed by atoms with Crippen molar-refractivity contribution in [2.75, 3.05) is 24.6 Å². The lowest BCUT2D eigenvalue weighted by atomic mass is 10.1. The first-order chi connectivity index (χ1) is 9.85. The minimum Gasteiger partial charge on any atom is -0.394 e. The molecule has 8 heteroatoms. The van der Waals surface area contributed by atoms with E-state index in [0.717, 1.165) is 0 Å². The molecule has 1 aromatic rings. The molecule has 1 saturated heterocycles. The Balaban J connectivity index is 2.45. The number of hydrogen-bond donors (Lipinski definition) is 1. The Morgan fingerprint density at radius 1 is 1.52 bits per heavy atom. The highest BCUT2D eigenvalue weighted by molar-refractivity contribution is 5.62. The average molecular weight is 298 g/mol. The van der Waals surface area contributed by atoms with E-state index in [1.807, 2.05) is 25.7 Å². The van der Waals surface area contributed by atoms with Crippen LogP contribution in [0.4, 0.5) is 11.5 Å². The van der Waals surface area contributed by atoms with Crippen molar-refractivity contribution in [1.82, 2.24) is 9.78 Å². The summed E-state index contributed by atoms with van der Waals surface area (Å²) in [5, 5.41) is 25.1. The Bertz CT molecular complexity index is 528. The van der Waals surface area contributed by atoms with Gasteiger partial charge in [-0.3, -0.25) is 10.1 Å². The SMILES string of the molecule is CC1CN(c2c([N+](=O)[O-])c(C(C)C)nn2C)CC(CO)O1. The molecule has 0 spiro atoms. The number of aromatic nitrogens is 2. The van der Waals surface area contributed by atoms with E-state index in [9.17, 15) is 15.2 Å². The zero-order valence-electron chi connectivity index (χ0n) is 12.8. The number of ether oxygens (including phenoxy) is 1. The first-order valence-electron chi connectivity index (χ1n) is 7.07. The highest BCUT2D eigenvalue weighted by Gasteiger charge is 2.35. The van der Waals surface area contributed by atoms with Crippen molar-refractivity contribution in [2.24, 2.45) is 7.05 Å². The van der Waals surface area contributed by atoms with Gasteiger partial charge in [-0.2, -0.15) is 5.10 Å². The highest BCUT2D eigenvalue weighted by atomic mass is 16.6. The van der Waals surface area contributed by atoms with Crippen LogP contribution in [0.5, 0.6) is 0 Å². The standard InChI is InChI=1S/C13H22N4O4/c1-8(2)11-12(17(19)20)13(15(4)14-11)16-5-9(3)21-10(6-16)7-18/h8-10,18H,5-7H2,1-4H3. The average Bonchev–Trinajstić information content (AvgIpc) is 2.76. The second kappa shape index (κ2) is 5.98. The molecule has 0 aromatic carbocycles. The summed E-state index contributed by atoms with van der Waals surface area (Å²) in [6.45, 7) is 6.51. The molecular formula is C13H22N4O4. The third kappa shape index (κ3) is 3.01. The van der Waals surface area contributed by atoms with Gasteiger partial charge in [0.2, 0.25) is 5.82 Å². The second-order valence-electron chi connectivity index (χ2n) is 5.75. The molecule has 2 heterocycles. The Morgan fingerprint density at radius 2 is 2.19 bits per heavy atom. The monoisotopic (exact) mass is 298 g/mol. The zero-order valence-corrected chi connectivity index (χ0v) is 12.8. The molecule has 0 aliphatic carbocycles. The van der Waals surface area contributed by atoms with Gasteiger partial charge in [0, 0.05) is 26.1 Å². The Hall–Kier alpha value is -1.67. The van der Waals surface area contributed by atoms with Crippen LogP contribution in [0.25, 0.3) is 0 Å². The first-order valence-corrected chi connectivity index (χ1v) is 7.07. The molecule has 1 aliphatic heterocycles. The lowest BCUT2D eigenvalue weighted by Gasteiger charge is -2.36. The maximum atomic E-state index is 11.5. The Morgan fingerprint density at radius 3 is 2.71 bits per heavy atom. The van der Waals surface area contributed by atoms with Crippen molar-refractivity contribution in [3.63, 3.8) is 0 Å². The molecule has 0 saturated carbocycles. The van der Waals surface area contributed by atoms with Crippen molar-refractivity contribution in [3.05, 3.63) is 15.8 Å². The number of anilines is 1. The van der Waals surface area contributed by atoms with Crippen LogP contribution in [0.15, 0.2) is 0 Å². The van der Waals surface area contributed by atoms with E-state index in [2.05, 4.69) is 5.10 Å². The number of nitrogens with zero attached hydrogens (tertiary/aromatic N) is 4. The molecule has 118 valence electrons. The van der Waals surface area contributed by atoms with Crippen molar-refractivity contribution in [2.45, 2.75) is 38.9 Å². The normalized spacial score (nSPS) is 22.9. The van der Waals surface area contributed by atoms with Crippen LogP contribution in [-0.4, -0.2) is 51.7 Å². The number of aliphatic hydroxyl groups is 1. The van der Waals surface area contributed by atoms with E-state index in [0.29, 0.717) is 24.6 Å². The minimum atomic E-state index is -0.369. The number of aryl methyl sites for hydroxylation is 1. The van der Waals surface area contributed by atoms with Crippen LogP contribution >= 0.6 is 0 Å². The molecule has 1 fully saturated rings. The fraction of sp³-hybridized carbons (Fsp3) is 0.769. The quantitative estimate of drug-likeness (QED) is 0.659. The molecule has 0 amide bonds. The maximum absolute atomic E-state index is 11.5. The van der Waals surface area contributed by atoms with Crippen LogP contribution in [0, 0.1) is 10.1 Å². The van der Waals surface area contributed by atoms with Crippen molar-refractivity contribution >= 4 is 11.5 Å². The smallest absolute Gasteiger partial charge is 0.334 e. The van der Waals surface area contributed by atoms with Gasteiger partial charge in [0.25, 0.3) is 0 Å². The van der Waals surface area contributed by atoms with E-state index in [-0.39, 0.29) is 35.3 Å². The highest BCUT2D eigenvalue weighted by Crippen LogP contribution is 2.36. The lowest BCUT2D eigenvalue weighted by Crippen LogP contribution is -2.48. The molecule has 1 aliphatic rings. The van der Waals surface area contributed by atoms with Gasteiger partial charge >= 0.3 is 5.69 Å². The van der Waals surface area contributed by atoms with Gasteiger partial charge in [0.15, 0.2) is 0 Å². The van der Waals surface area contributed by atoms with Gasteiger partial charge < -0.3 is 14.7 Å². The van der Waals surface area contributed by atoms with Gasteiger partial charge in [-0.05, 0) is 6.92 Å². The molecule has 21 heavy (non-hydrogen) atoms. The maximum Gasteiger partial charge on any atom is 0.334 e. The third-order valence-electron chi connectivity index (χ3n) is 3.58. The largest absolute Gasteiger partial charge is 0.394 e. The van der Waals surface area contributed by atoms with Crippen LogP contribution < -0.4 is 4.90 Å². The Kier molecular flexibility index (Phi) is 4.48. The second-order valence-corrected chi connectivity index (χ2v) is 5.75. The fourth-order valence-corrected chi connectivity index (χ4v) is 2.76. The summed E-state index contributed by atoms with van der Waals surface area (Å²) < 4.78 is 7.15. The molecule has 1 N–H and O–H groups in total. The molecule has 1 aromatic heterocycles. The molecule has 0 radical (unpaired) electrons. The van der Waals surface area contributed by atoms with Crippen LogP contribution in [-0.2, 0) is 11.8 Å². The summed E-state index contributed by atoms with van der Waals surface area (Å²) in [6.07, 6.45) is -0.446. The topological polar surface area (TPSA) is 93.7 Å². The van der Waals surface area contributed by atoms with Gasteiger partial charge in [-0.15, -0.1) is 0 Å². The third-order valence-corrected chi connectivity index (χ3v) is 3.58. The molecule has 8 nitrogen and oxygen atoms in total. The van der Waals surface area contributed by atoms with Crippen molar-refractivity contribution in [3.8, 4) is 0 Å². The van der Waals surface area contributed by atoms with E-state index in [1.165, 1.54) is 0 Å². The van der Waals surface area contributed by atoms with Crippen molar-refractivity contribution < 1.29 is 14.8 Å². The fourth-order valence-electron chi connectivity index (χ4n) is 2.76. The van der Waals surface area contributed by atoms with E-state index < -0.39 is 0 Å². The van der Waals surface area contributed by atoms with Gasteiger partial charge in [-0.25, -0.2) is 4.68 Å². The number of hydrogen-bond acceptors (Lipinski definition) is 6. The van der Waals surface area contributed by atoms with E-state index >= 15 is 0 Å². The predicted octanol–water partition coefficient (Wildman–Crippen LogP) is 1.04. The van der Waals surface area contributed by atoms with Crippen LogP contribution in [0.1, 0.15) is 32.4 Å². The molecular weight excluding hydrogens is 276 g/mol. The molecule has 2 atom stereocenters. The molecule has 0 bridgehead atoms. The number of aliphatic hydroxyl groups excluding tert-OH is 1. The summed E-state index contributed by atoms with van der Waals surface area (Å²) in [7, 11) is 1.71. The van der Waals surface area contributed by atoms with Gasteiger partial charge in [0.05, 0.1) is 23.7 Å². The van der Waals surface area contributed by atoms with E-state index in [4.69, 9.17) is 4.74 Å². The van der Waals surface area contributed by atoms with Gasteiger partial charge in [-0.1, -0.05) is 13.8 Å². The Labute approximate surface area is 123 Å². The zero-order chi connectivity index (χ0) is 15.7. The van der Waals surface area contributed by atoms with Crippen LogP contribution in [0.2, 0.25) is 0 Å².